The van der Waals surface area contributed by atoms with Gasteiger partial charge in [-0.1, -0.05) is 13.3 Å². The second-order valence-corrected chi connectivity index (χ2v) is 5.12. The Morgan fingerprint density at radius 2 is 2.31 bits per heavy atom. The third-order valence-corrected chi connectivity index (χ3v) is 3.83. The number of carbonyl (C=O) groups is 1. The van der Waals surface area contributed by atoms with Crippen LogP contribution in [0.1, 0.15) is 32.6 Å². The van der Waals surface area contributed by atoms with E-state index in [1.165, 1.54) is 0 Å². The second-order valence-electron chi connectivity index (χ2n) is 5.12. The summed E-state index contributed by atoms with van der Waals surface area (Å²) in [5.41, 5.74) is -0.283. The highest BCUT2D eigenvalue weighted by atomic mass is 16.3. The molecule has 0 spiro atoms. The van der Waals surface area contributed by atoms with Crippen LogP contribution in [-0.4, -0.2) is 47.7 Å². The van der Waals surface area contributed by atoms with Gasteiger partial charge in [0.2, 0.25) is 5.91 Å². The summed E-state index contributed by atoms with van der Waals surface area (Å²) in [5.74, 6) is 0.570. The first-order chi connectivity index (χ1) is 7.72. The summed E-state index contributed by atoms with van der Waals surface area (Å²) in [6, 6.07) is 0. The molecule has 2 aliphatic rings. The lowest BCUT2D eigenvalue weighted by molar-refractivity contribution is -0.145. The van der Waals surface area contributed by atoms with Crippen molar-refractivity contribution < 1.29 is 9.90 Å². The van der Waals surface area contributed by atoms with Crippen LogP contribution in [-0.2, 0) is 4.79 Å². The number of nitrogens with zero attached hydrogens (tertiary/aromatic N) is 1. The molecule has 0 bridgehead atoms. The average molecular weight is 226 g/mol. The molecule has 2 fully saturated rings. The van der Waals surface area contributed by atoms with Crippen molar-refractivity contribution >= 4 is 5.91 Å². The van der Waals surface area contributed by atoms with Crippen molar-refractivity contribution in [2.45, 2.75) is 38.1 Å². The topological polar surface area (TPSA) is 52.6 Å². The van der Waals surface area contributed by atoms with E-state index in [0.717, 1.165) is 45.3 Å². The van der Waals surface area contributed by atoms with Crippen LogP contribution in [0.2, 0.25) is 0 Å². The molecule has 0 saturated carbocycles. The molecule has 92 valence electrons. The molecule has 2 rings (SSSR count). The van der Waals surface area contributed by atoms with Gasteiger partial charge in [-0.3, -0.25) is 4.79 Å². The number of likely N-dealkylation sites (tertiary alicyclic amines) is 1. The number of carbonyl (C=O) groups excluding carboxylic acids is 1. The Morgan fingerprint density at radius 3 is 2.81 bits per heavy atom. The first-order valence-corrected chi connectivity index (χ1v) is 6.37. The summed E-state index contributed by atoms with van der Waals surface area (Å²) < 4.78 is 0. The molecular formula is C12H22N2O2. The minimum absolute atomic E-state index is 0.206. The van der Waals surface area contributed by atoms with Gasteiger partial charge in [-0.25, -0.2) is 0 Å². The number of aliphatic hydroxyl groups is 1. The van der Waals surface area contributed by atoms with Crippen LogP contribution in [0.3, 0.4) is 0 Å². The molecular weight excluding hydrogens is 204 g/mol. The quantitative estimate of drug-likeness (QED) is 0.728. The van der Waals surface area contributed by atoms with Crippen LogP contribution >= 0.6 is 0 Å². The fourth-order valence-corrected chi connectivity index (χ4v) is 2.89. The summed E-state index contributed by atoms with van der Waals surface area (Å²) in [6.45, 7) is 4.77. The summed E-state index contributed by atoms with van der Waals surface area (Å²) in [5, 5.41) is 12.4. The Bertz CT molecular complexity index is 256. The van der Waals surface area contributed by atoms with E-state index in [1.807, 2.05) is 4.90 Å². The van der Waals surface area contributed by atoms with Crippen LogP contribution in [0, 0.1) is 5.92 Å². The molecule has 16 heavy (non-hydrogen) atoms. The van der Waals surface area contributed by atoms with Gasteiger partial charge in [0.15, 0.2) is 0 Å². The fraction of sp³-hybridized carbons (Fsp3) is 0.917. The third kappa shape index (κ3) is 1.96. The molecule has 4 nitrogen and oxygen atoms in total. The van der Waals surface area contributed by atoms with Gasteiger partial charge in [0, 0.05) is 25.6 Å². The van der Waals surface area contributed by atoms with Gasteiger partial charge in [-0.05, 0) is 25.8 Å². The lowest BCUT2D eigenvalue weighted by atomic mass is 9.87. The normalized spacial score (nSPS) is 30.5. The highest BCUT2D eigenvalue weighted by molar-refractivity contribution is 5.87. The Balaban J connectivity index is 1.96. The molecule has 2 heterocycles. The minimum atomic E-state index is -0.283. The summed E-state index contributed by atoms with van der Waals surface area (Å²) in [4.78, 5) is 14.3. The van der Waals surface area contributed by atoms with Gasteiger partial charge >= 0.3 is 0 Å². The van der Waals surface area contributed by atoms with Crippen LogP contribution in [0.15, 0.2) is 0 Å². The first kappa shape index (κ1) is 11.9. The Hall–Kier alpha value is -0.610. The largest absolute Gasteiger partial charge is 0.396 e. The maximum absolute atomic E-state index is 12.4. The molecule has 0 radical (unpaired) electrons. The molecule has 2 saturated heterocycles. The van der Waals surface area contributed by atoms with E-state index in [2.05, 4.69) is 12.2 Å². The van der Waals surface area contributed by atoms with Crippen molar-refractivity contribution in [3.63, 3.8) is 0 Å². The number of nitrogens with one attached hydrogen (secondary N) is 1. The minimum Gasteiger partial charge on any atom is -0.396 e. The van der Waals surface area contributed by atoms with Gasteiger partial charge in [0.1, 0.15) is 0 Å². The highest BCUT2D eigenvalue weighted by Gasteiger charge is 2.45. The van der Waals surface area contributed by atoms with Crippen LogP contribution in [0.4, 0.5) is 0 Å². The highest BCUT2D eigenvalue weighted by Crippen LogP contribution is 2.29. The maximum Gasteiger partial charge on any atom is 0.242 e. The zero-order chi connectivity index (χ0) is 11.6. The first-order valence-electron chi connectivity index (χ1n) is 6.37. The molecule has 4 heteroatoms. The number of rotatable bonds is 4. The number of hydrogen-bond acceptors (Lipinski definition) is 3. The fourth-order valence-electron chi connectivity index (χ4n) is 2.89. The van der Waals surface area contributed by atoms with Crippen molar-refractivity contribution in [3.8, 4) is 0 Å². The van der Waals surface area contributed by atoms with Crippen molar-refractivity contribution in [1.82, 2.24) is 10.2 Å². The van der Waals surface area contributed by atoms with Gasteiger partial charge in [-0.2, -0.15) is 0 Å². The Labute approximate surface area is 97.0 Å². The maximum atomic E-state index is 12.4. The predicted octanol–water partition coefficient (Wildman–Crippen LogP) is 0.359. The molecule has 0 aromatic carbocycles. The second kappa shape index (κ2) is 4.72. The van der Waals surface area contributed by atoms with Crippen LogP contribution < -0.4 is 5.32 Å². The Morgan fingerprint density at radius 1 is 1.56 bits per heavy atom. The van der Waals surface area contributed by atoms with Gasteiger partial charge in [0.25, 0.3) is 0 Å². The standard InChI is InChI=1S/C12H22N2O2/c1-2-4-12(5-3-6-13-12)11(16)14-7-10(8-14)9-15/h10,13,15H,2-9H2,1H3. The zero-order valence-electron chi connectivity index (χ0n) is 10.0. The van der Waals surface area contributed by atoms with E-state index in [-0.39, 0.29) is 18.1 Å². The number of hydrogen-bond donors (Lipinski definition) is 2. The van der Waals surface area contributed by atoms with Crippen LogP contribution in [0.5, 0.6) is 0 Å². The van der Waals surface area contributed by atoms with E-state index in [0.29, 0.717) is 5.92 Å². The van der Waals surface area contributed by atoms with Crippen LogP contribution in [0.25, 0.3) is 0 Å². The van der Waals surface area contributed by atoms with Gasteiger partial charge in [-0.15, -0.1) is 0 Å². The van der Waals surface area contributed by atoms with E-state index >= 15 is 0 Å². The van der Waals surface area contributed by atoms with Crippen molar-refractivity contribution in [1.29, 1.82) is 0 Å². The molecule has 2 N–H and O–H groups in total. The van der Waals surface area contributed by atoms with E-state index < -0.39 is 0 Å². The van der Waals surface area contributed by atoms with Gasteiger partial charge < -0.3 is 15.3 Å². The summed E-state index contributed by atoms with van der Waals surface area (Å²) >= 11 is 0. The SMILES string of the molecule is CCCC1(C(=O)N2CC(CO)C2)CCCN1. The monoisotopic (exact) mass is 226 g/mol. The van der Waals surface area contributed by atoms with Crippen molar-refractivity contribution in [2.24, 2.45) is 5.92 Å². The number of amides is 1. The molecule has 0 aromatic heterocycles. The summed E-state index contributed by atoms with van der Waals surface area (Å²) in [6.07, 6.45) is 4.05. The predicted molar refractivity (Wildman–Crippen MR) is 62.0 cm³/mol. The lowest BCUT2D eigenvalue weighted by Gasteiger charge is -2.43. The molecule has 1 unspecified atom stereocenters. The zero-order valence-corrected chi connectivity index (χ0v) is 10.0. The molecule has 1 amide bonds. The average Bonchev–Trinajstić information content (AvgIpc) is 2.66. The van der Waals surface area contributed by atoms with E-state index in [1.54, 1.807) is 0 Å². The molecule has 1 atom stereocenters. The van der Waals surface area contributed by atoms with E-state index in [4.69, 9.17) is 5.11 Å². The molecule has 2 aliphatic heterocycles. The molecule has 0 aliphatic carbocycles. The van der Waals surface area contributed by atoms with Crippen molar-refractivity contribution in [3.05, 3.63) is 0 Å². The van der Waals surface area contributed by atoms with Crippen molar-refractivity contribution in [2.75, 3.05) is 26.2 Å². The smallest absolute Gasteiger partial charge is 0.242 e. The number of aliphatic hydroxyl groups excluding tert-OH is 1. The molecule has 0 aromatic rings. The summed E-state index contributed by atoms with van der Waals surface area (Å²) in [7, 11) is 0. The Kier molecular flexibility index (Phi) is 3.50. The van der Waals surface area contributed by atoms with Gasteiger partial charge in [0.05, 0.1) is 5.54 Å². The van der Waals surface area contributed by atoms with E-state index in [9.17, 15) is 4.79 Å². The third-order valence-electron chi connectivity index (χ3n) is 3.83. The lowest BCUT2D eigenvalue weighted by Crippen LogP contribution is -2.61.